The van der Waals surface area contributed by atoms with Crippen LogP contribution in [0.1, 0.15) is 24.5 Å². The summed E-state index contributed by atoms with van der Waals surface area (Å²) in [5, 5.41) is 10.4. The van der Waals surface area contributed by atoms with Crippen molar-refractivity contribution in [1.29, 1.82) is 0 Å². The molecule has 3 rings (SSSR count). The third-order valence-electron chi connectivity index (χ3n) is 4.43. The van der Waals surface area contributed by atoms with Gasteiger partial charge < -0.3 is 14.7 Å². The predicted octanol–water partition coefficient (Wildman–Crippen LogP) is 1.18. The molecule has 2 aliphatic rings. The Morgan fingerprint density at radius 3 is 2.57 bits per heavy atom. The van der Waals surface area contributed by atoms with Crippen molar-refractivity contribution in [2.75, 3.05) is 39.4 Å². The molecule has 1 saturated carbocycles. The minimum absolute atomic E-state index is 0.0894. The molecule has 2 fully saturated rings. The fourth-order valence-electron chi connectivity index (χ4n) is 2.88. The highest BCUT2D eigenvalue weighted by Crippen LogP contribution is 2.29. The van der Waals surface area contributed by atoms with Crippen LogP contribution in [0.3, 0.4) is 0 Å². The van der Waals surface area contributed by atoms with Gasteiger partial charge in [-0.25, -0.2) is 4.39 Å². The molecule has 1 aromatic carbocycles. The van der Waals surface area contributed by atoms with Gasteiger partial charge in [-0.1, -0.05) is 12.1 Å². The number of amides is 1. The fraction of sp³-hybridized carbons (Fsp3) is 0.588. The molecule has 1 atom stereocenters. The Kier molecular flexibility index (Phi) is 5.25. The molecule has 1 N–H and O–H groups in total. The van der Waals surface area contributed by atoms with Gasteiger partial charge in [0.05, 0.1) is 25.9 Å². The Morgan fingerprint density at radius 1 is 1.30 bits per heavy atom. The summed E-state index contributed by atoms with van der Waals surface area (Å²) in [5.74, 6) is -0.228. The summed E-state index contributed by atoms with van der Waals surface area (Å²) in [4.78, 5) is 16.3. The van der Waals surface area contributed by atoms with Crippen LogP contribution < -0.4 is 0 Å². The van der Waals surface area contributed by atoms with Crippen LogP contribution in [0.15, 0.2) is 24.3 Å². The SMILES string of the molecule is O=C(CN(CC(O)c1ccc(F)cc1)C1CC1)N1CCOCC1. The maximum Gasteiger partial charge on any atom is 0.236 e. The standard InChI is InChI=1S/C17H23FN2O3/c18-14-3-1-13(2-4-14)16(21)11-20(15-5-6-15)12-17(22)19-7-9-23-10-8-19/h1-4,15-16,21H,5-12H2. The van der Waals surface area contributed by atoms with E-state index in [2.05, 4.69) is 0 Å². The van der Waals surface area contributed by atoms with E-state index in [1.165, 1.54) is 12.1 Å². The molecule has 1 unspecified atom stereocenters. The summed E-state index contributed by atoms with van der Waals surface area (Å²) in [6.45, 7) is 3.17. The number of carbonyl (C=O) groups excluding carboxylic acids is 1. The second-order valence-corrected chi connectivity index (χ2v) is 6.22. The molecule has 126 valence electrons. The van der Waals surface area contributed by atoms with E-state index in [1.54, 1.807) is 12.1 Å². The van der Waals surface area contributed by atoms with E-state index in [1.807, 2.05) is 9.80 Å². The van der Waals surface area contributed by atoms with Crippen LogP contribution in [0.25, 0.3) is 0 Å². The van der Waals surface area contributed by atoms with E-state index in [-0.39, 0.29) is 11.7 Å². The van der Waals surface area contributed by atoms with Gasteiger partial charge in [0.1, 0.15) is 5.82 Å². The summed E-state index contributed by atoms with van der Waals surface area (Å²) in [6.07, 6.45) is 1.41. The number of aliphatic hydroxyl groups excluding tert-OH is 1. The predicted molar refractivity (Wildman–Crippen MR) is 83.4 cm³/mol. The zero-order chi connectivity index (χ0) is 16.2. The molecule has 1 aliphatic carbocycles. The number of hydrogen-bond acceptors (Lipinski definition) is 4. The number of hydrogen-bond donors (Lipinski definition) is 1. The van der Waals surface area contributed by atoms with E-state index >= 15 is 0 Å². The summed E-state index contributed by atoms with van der Waals surface area (Å²) in [5.41, 5.74) is 0.677. The average Bonchev–Trinajstić information content (AvgIpc) is 3.40. The van der Waals surface area contributed by atoms with Crippen molar-refractivity contribution < 1.29 is 19.0 Å². The van der Waals surface area contributed by atoms with Crippen LogP contribution in [0.4, 0.5) is 4.39 Å². The first-order valence-electron chi connectivity index (χ1n) is 8.16. The van der Waals surface area contributed by atoms with Crippen LogP contribution in [0.2, 0.25) is 0 Å². The monoisotopic (exact) mass is 322 g/mol. The highest BCUT2D eigenvalue weighted by molar-refractivity contribution is 5.78. The lowest BCUT2D eigenvalue weighted by Gasteiger charge is -2.31. The molecule has 5 nitrogen and oxygen atoms in total. The largest absolute Gasteiger partial charge is 0.387 e. The molecular formula is C17H23FN2O3. The topological polar surface area (TPSA) is 53.0 Å². The van der Waals surface area contributed by atoms with Crippen molar-refractivity contribution in [3.05, 3.63) is 35.6 Å². The third-order valence-corrected chi connectivity index (χ3v) is 4.43. The first kappa shape index (κ1) is 16.4. The van der Waals surface area contributed by atoms with Gasteiger partial charge in [-0.3, -0.25) is 9.69 Å². The summed E-state index contributed by atoms with van der Waals surface area (Å²) < 4.78 is 18.2. The Balaban J connectivity index is 1.58. The first-order chi connectivity index (χ1) is 11.1. The number of benzene rings is 1. The average molecular weight is 322 g/mol. The van der Waals surface area contributed by atoms with Crippen LogP contribution >= 0.6 is 0 Å². The fourth-order valence-corrected chi connectivity index (χ4v) is 2.88. The van der Waals surface area contributed by atoms with Gasteiger partial charge in [-0.15, -0.1) is 0 Å². The van der Waals surface area contributed by atoms with Crippen molar-refractivity contribution in [1.82, 2.24) is 9.80 Å². The molecule has 1 heterocycles. The number of halogens is 1. The van der Waals surface area contributed by atoms with Gasteiger partial charge in [0.2, 0.25) is 5.91 Å². The first-order valence-corrected chi connectivity index (χ1v) is 8.16. The van der Waals surface area contributed by atoms with Gasteiger partial charge >= 0.3 is 0 Å². The molecule has 0 spiro atoms. The molecule has 0 radical (unpaired) electrons. The van der Waals surface area contributed by atoms with E-state index < -0.39 is 6.10 Å². The number of ether oxygens (including phenoxy) is 1. The number of aliphatic hydroxyl groups is 1. The molecule has 0 bridgehead atoms. The van der Waals surface area contributed by atoms with E-state index in [9.17, 15) is 14.3 Å². The van der Waals surface area contributed by atoms with Crippen LogP contribution in [-0.2, 0) is 9.53 Å². The third kappa shape index (κ3) is 4.50. The van der Waals surface area contributed by atoms with E-state index in [0.29, 0.717) is 51.0 Å². The zero-order valence-corrected chi connectivity index (χ0v) is 13.2. The zero-order valence-electron chi connectivity index (χ0n) is 13.2. The normalized spacial score (nSPS) is 19.9. The Bertz CT molecular complexity index is 527. The Morgan fingerprint density at radius 2 is 1.96 bits per heavy atom. The summed E-state index contributed by atoms with van der Waals surface area (Å²) in [7, 11) is 0. The second-order valence-electron chi connectivity index (χ2n) is 6.22. The molecule has 0 aromatic heterocycles. The molecule has 1 saturated heterocycles. The molecule has 23 heavy (non-hydrogen) atoms. The lowest BCUT2D eigenvalue weighted by Crippen LogP contribution is -2.47. The van der Waals surface area contributed by atoms with Crippen molar-refractivity contribution in [3.8, 4) is 0 Å². The highest BCUT2D eigenvalue weighted by atomic mass is 19.1. The smallest absolute Gasteiger partial charge is 0.236 e. The quantitative estimate of drug-likeness (QED) is 0.855. The van der Waals surface area contributed by atoms with Gasteiger partial charge in [0, 0.05) is 25.7 Å². The van der Waals surface area contributed by atoms with Crippen LogP contribution in [-0.4, -0.2) is 66.2 Å². The van der Waals surface area contributed by atoms with Gasteiger partial charge in [-0.2, -0.15) is 0 Å². The van der Waals surface area contributed by atoms with E-state index in [0.717, 1.165) is 12.8 Å². The number of morpholine rings is 1. The lowest BCUT2D eigenvalue weighted by atomic mass is 10.1. The number of carbonyl (C=O) groups is 1. The van der Waals surface area contributed by atoms with Gasteiger partial charge in [-0.05, 0) is 30.5 Å². The number of rotatable bonds is 6. The van der Waals surface area contributed by atoms with E-state index in [4.69, 9.17) is 4.74 Å². The van der Waals surface area contributed by atoms with Gasteiger partial charge in [0.15, 0.2) is 0 Å². The molecule has 6 heteroatoms. The molecule has 1 aromatic rings. The van der Waals surface area contributed by atoms with Crippen molar-refractivity contribution >= 4 is 5.91 Å². The minimum atomic E-state index is -0.714. The van der Waals surface area contributed by atoms with Crippen LogP contribution in [0, 0.1) is 5.82 Å². The van der Waals surface area contributed by atoms with Crippen LogP contribution in [0.5, 0.6) is 0 Å². The Labute approximate surface area is 135 Å². The van der Waals surface area contributed by atoms with Crippen molar-refractivity contribution in [3.63, 3.8) is 0 Å². The number of nitrogens with zero attached hydrogens (tertiary/aromatic N) is 2. The second kappa shape index (κ2) is 7.38. The highest BCUT2D eigenvalue weighted by Gasteiger charge is 2.33. The Hall–Kier alpha value is -1.50. The molecular weight excluding hydrogens is 299 g/mol. The lowest BCUT2D eigenvalue weighted by molar-refractivity contribution is -0.137. The maximum absolute atomic E-state index is 13.0. The van der Waals surface area contributed by atoms with Gasteiger partial charge in [0.25, 0.3) is 0 Å². The molecule has 1 amide bonds. The van der Waals surface area contributed by atoms with Crippen molar-refractivity contribution in [2.45, 2.75) is 25.0 Å². The molecule has 1 aliphatic heterocycles. The summed E-state index contributed by atoms with van der Waals surface area (Å²) in [6, 6.07) is 6.25. The summed E-state index contributed by atoms with van der Waals surface area (Å²) >= 11 is 0. The maximum atomic E-state index is 13.0. The van der Waals surface area contributed by atoms with Crippen molar-refractivity contribution in [2.24, 2.45) is 0 Å². The minimum Gasteiger partial charge on any atom is -0.387 e.